The monoisotopic (exact) mass is 241 g/mol. The molecule has 0 aromatic heterocycles. The average molecular weight is 241 g/mol. The van der Waals surface area contributed by atoms with Crippen LogP contribution in [0.25, 0.3) is 0 Å². The first-order valence-electron chi connectivity index (χ1n) is 6.13. The Morgan fingerprint density at radius 2 is 1.78 bits per heavy atom. The van der Waals surface area contributed by atoms with Gasteiger partial charge in [0.2, 0.25) is 0 Å². The number of benzene rings is 2. The Morgan fingerprint density at radius 3 is 2.39 bits per heavy atom. The van der Waals surface area contributed by atoms with Gasteiger partial charge in [0.25, 0.3) is 0 Å². The van der Waals surface area contributed by atoms with Crippen molar-refractivity contribution >= 4 is 0 Å². The lowest BCUT2D eigenvalue weighted by Gasteiger charge is -2.20. The van der Waals surface area contributed by atoms with E-state index in [1.807, 2.05) is 13.1 Å². The molecule has 0 radical (unpaired) electrons. The number of rotatable bonds is 4. The minimum absolute atomic E-state index is 0.154. The largest absolute Gasteiger partial charge is 0.496 e. The van der Waals surface area contributed by atoms with E-state index in [2.05, 4.69) is 54.7 Å². The van der Waals surface area contributed by atoms with Crippen LogP contribution in [0.4, 0.5) is 0 Å². The summed E-state index contributed by atoms with van der Waals surface area (Å²) in [6.07, 6.45) is 0. The van der Waals surface area contributed by atoms with Crippen molar-refractivity contribution in [3.8, 4) is 5.75 Å². The number of hydrogen-bond donors (Lipinski definition) is 1. The normalized spacial score (nSPS) is 12.2. The highest BCUT2D eigenvalue weighted by Gasteiger charge is 2.15. The van der Waals surface area contributed by atoms with Crippen LogP contribution in [0.5, 0.6) is 5.75 Å². The van der Waals surface area contributed by atoms with E-state index in [1.54, 1.807) is 7.11 Å². The molecule has 2 aromatic rings. The molecule has 0 aliphatic rings. The zero-order valence-electron chi connectivity index (χ0n) is 11.1. The van der Waals surface area contributed by atoms with E-state index in [-0.39, 0.29) is 6.04 Å². The van der Waals surface area contributed by atoms with Gasteiger partial charge in [0.15, 0.2) is 0 Å². The molecule has 1 atom stereocenters. The average Bonchev–Trinajstić information content (AvgIpc) is 2.42. The lowest BCUT2D eigenvalue weighted by Crippen LogP contribution is -2.18. The first kappa shape index (κ1) is 12.7. The van der Waals surface area contributed by atoms with E-state index >= 15 is 0 Å². The summed E-state index contributed by atoms with van der Waals surface area (Å²) in [6.45, 7) is 2.07. The van der Waals surface area contributed by atoms with Crippen molar-refractivity contribution in [2.75, 3.05) is 14.2 Å². The zero-order valence-corrected chi connectivity index (χ0v) is 11.1. The molecule has 0 fully saturated rings. The Morgan fingerprint density at radius 1 is 1.06 bits per heavy atom. The molecule has 0 aliphatic heterocycles. The minimum atomic E-state index is 0.154. The fraction of sp³-hybridized carbons (Fsp3) is 0.250. The molecule has 2 aromatic carbocycles. The van der Waals surface area contributed by atoms with Gasteiger partial charge in [-0.15, -0.1) is 0 Å². The van der Waals surface area contributed by atoms with Gasteiger partial charge < -0.3 is 10.1 Å². The predicted octanol–water partition coefficient (Wildman–Crippen LogP) is 3.31. The van der Waals surface area contributed by atoms with Crippen LogP contribution in [0.1, 0.15) is 22.7 Å². The smallest absolute Gasteiger partial charge is 0.124 e. The highest BCUT2D eigenvalue weighted by molar-refractivity contribution is 5.43. The van der Waals surface area contributed by atoms with Crippen molar-refractivity contribution in [1.82, 2.24) is 5.32 Å². The first-order chi connectivity index (χ1) is 8.76. The number of hydrogen-bond acceptors (Lipinski definition) is 2. The molecule has 0 bridgehead atoms. The summed E-state index contributed by atoms with van der Waals surface area (Å²) in [7, 11) is 3.69. The summed E-state index contributed by atoms with van der Waals surface area (Å²) in [6, 6.07) is 16.9. The topological polar surface area (TPSA) is 21.3 Å². The molecular formula is C16H19NO. The van der Waals surface area contributed by atoms with E-state index in [0.29, 0.717) is 0 Å². The highest BCUT2D eigenvalue weighted by Crippen LogP contribution is 2.30. The summed E-state index contributed by atoms with van der Waals surface area (Å²) < 4.78 is 5.49. The summed E-state index contributed by atoms with van der Waals surface area (Å²) in [5, 5.41) is 3.35. The molecule has 0 amide bonds. The van der Waals surface area contributed by atoms with Gasteiger partial charge in [-0.05, 0) is 31.2 Å². The maximum Gasteiger partial charge on any atom is 0.124 e. The molecule has 0 aliphatic carbocycles. The quantitative estimate of drug-likeness (QED) is 0.886. The Balaban J connectivity index is 2.45. The van der Waals surface area contributed by atoms with Gasteiger partial charge in [-0.3, -0.25) is 0 Å². The molecule has 0 saturated heterocycles. The Kier molecular flexibility index (Phi) is 4.00. The third-order valence-corrected chi connectivity index (χ3v) is 3.12. The van der Waals surface area contributed by atoms with Crippen LogP contribution in [0, 0.1) is 6.92 Å². The second-order valence-electron chi connectivity index (χ2n) is 4.38. The van der Waals surface area contributed by atoms with Crippen LogP contribution in [-0.2, 0) is 0 Å². The molecule has 94 valence electrons. The van der Waals surface area contributed by atoms with Crippen molar-refractivity contribution < 1.29 is 4.74 Å². The molecule has 2 nitrogen and oxygen atoms in total. The van der Waals surface area contributed by atoms with Crippen LogP contribution >= 0.6 is 0 Å². The van der Waals surface area contributed by atoms with Gasteiger partial charge in [0.1, 0.15) is 5.75 Å². The number of nitrogens with one attached hydrogen (secondary N) is 1. The molecular weight excluding hydrogens is 222 g/mol. The molecule has 1 N–H and O–H groups in total. The van der Waals surface area contributed by atoms with Gasteiger partial charge in [-0.2, -0.15) is 0 Å². The fourth-order valence-electron chi connectivity index (χ4n) is 2.20. The van der Waals surface area contributed by atoms with Crippen LogP contribution in [0.3, 0.4) is 0 Å². The van der Waals surface area contributed by atoms with E-state index in [9.17, 15) is 0 Å². The lowest BCUT2D eigenvalue weighted by atomic mass is 9.97. The second-order valence-corrected chi connectivity index (χ2v) is 4.38. The highest BCUT2D eigenvalue weighted by atomic mass is 16.5. The summed E-state index contributed by atoms with van der Waals surface area (Å²) in [5.41, 5.74) is 3.61. The summed E-state index contributed by atoms with van der Waals surface area (Å²) >= 11 is 0. The van der Waals surface area contributed by atoms with E-state index in [0.717, 1.165) is 11.3 Å². The Bertz CT molecular complexity index is 508. The zero-order chi connectivity index (χ0) is 13.0. The molecule has 0 heterocycles. The standard InChI is InChI=1S/C16H19NO/c1-12-9-10-14(15(11-12)18-3)16(17-2)13-7-5-4-6-8-13/h4-11,16-17H,1-3H3. The summed E-state index contributed by atoms with van der Waals surface area (Å²) in [5.74, 6) is 0.929. The van der Waals surface area contributed by atoms with Crippen LogP contribution < -0.4 is 10.1 Å². The van der Waals surface area contributed by atoms with Crippen LogP contribution in [0.2, 0.25) is 0 Å². The van der Waals surface area contributed by atoms with Gasteiger partial charge in [0, 0.05) is 5.56 Å². The van der Waals surface area contributed by atoms with Crippen molar-refractivity contribution in [3.63, 3.8) is 0 Å². The Hall–Kier alpha value is -1.80. The fourth-order valence-corrected chi connectivity index (χ4v) is 2.20. The maximum atomic E-state index is 5.49. The maximum absolute atomic E-state index is 5.49. The lowest BCUT2D eigenvalue weighted by molar-refractivity contribution is 0.405. The predicted molar refractivity (Wildman–Crippen MR) is 75.1 cm³/mol. The van der Waals surface area contributed by atoms with Gasteiger partial charge in [-0.1, -0.05) is 42.5 Å². The number of methoxy groups -OCH3 is 1. The molecule has 2 heteroatoms. The van der Waals surface area contributed by atoms with Crippen LogP contribution in [0.15, 0.2) is 48.5 Å². The van der Waals surface area contributed by atoms with Crippen molar-refractivity contribution in [2.45, 2.75) is 13.0 Å². The van der Waals surface area contributed by atoms with E-state index < -0.39 is 0 Å². The minimum Gasteiger partial charge on any atom is -0.496 e. The van der Waals surface area contributed by atoms with Crippen LogP contribution in [-0.4, -0.2) is 14.2 Å². The molecule has 0 spiro atoms. The van der Waals surface area contributed by atoms with Gasteiger partial charge in [-0.25, -0.2) is 0 Å². The third-order valence-electron chi connectivity index (χ3n) is 3.12. The molecule has 2 rings (SSSR count). The third kappa shape index (κ3) is 2.54. The van der Waals surface area contributed by atoms with Crippen molar-refractivity contribution in [2.24, 2.45) is 0 Å². The van der Waals surface area contributed by atoms with E-state index in [1.165, 1.54) is 11.1 Å². The van der Waals surface area contributed by atoms with Crippen molar-refractivity contribution in [3.05, 3.63) is 65.2 Å². The van der Waals surface area contributed by atoms with E-state index in [4.69, 9.17) is 4.74 Å². The first-order valence-corrected chi connectivity index (χ1v) is 6.13. The Labute approximate surface area is 109 Å². The SMILES string of the molecule is CNC(c1ccccc1)c1ccc(C)cc1OC. The van der Waals surface area contributed by atoms with Gasteiger partial charge >= 0.3 is 0 Å². The van der Waals surface area contributed by atoms with Crippen molar-refractivity contribution in [1.29, 1.82) is 0 Å². The number of aryl methyl sites for hydroxylation is 1. The van der Waals surface area contributed by atoms with Gasteiger partial charge in [0.05, 0.1) is 13.2 Å². The number of ether oxygens (including phenoxy) is 1. The summed E-state index contributed by atoms with van der Waals surface area (Å²) in [4.78, 5) is 0. The molecule has 1 unspecified atom stereocenters. The second kappa shape index (κ2) is 5.69. The molecule has 18 heavy (non-hydrogen) atoms. The molecule has 0 saturated carbocycles.